The number of rotatable bonds is 6. The maximum Gasteiger partial charge on any atom is 0.342 e. The molecule has 0 bridgehead atoms. The smallest absolute Gasteiger partial charge is 0.342 e. The van der Waals surface area contributed by atoms with E-state index >= 15 is 0 Å². The van der Waals surface area contributed by atoms with E-state index in [0.717, 1.165) is 25.1 Å². The molecule has 0 saturated carbocycles. The number of carbonyl (C=O) groups is 2. The van der Waals surface area contributed by atoms with Crippen molar-refractivity contribution < 1.29 is 37.2 Å². The molecule has 0 aromatic heterocycles. The number of non-ortho nitro benzene ring substituents is 1. The van der Waals surface area contributed by atoms with Gasteiger partial charge in [0.15, 0.2) is 23.6 Å². The second kappa shape index (κ2) is 8.37. The van der Waals surface area contributed by atoms with Crippen LogP contribution in [0.5, 0.6) is 5.75 Å². The van der Waals surface area contributed by atoms with Crippen molar-refractivity contribution in [3.8, 4) is 5.75 Å². The van der Waals surface area contributed by atoms with E-state index in [0.29, 0.717) is 6.07 Å². The fourth-order valence-electron chi connectivity index (χ4n) is 2.10. The molecular weight excluding hydrogens is 385 g/mol. The highest BCUT2D eigenvalue weighted by molar-refractivity contribution is 5.98. The maximum absolute atomic E-state index is 13.6. The molecule has 0 aliphatic rings. The summed E-state index contributed by atoms with van der Waals surface area (Å²) >= 11 is 0. The zero-order valence-electron chi connectivity index (χ0n) is 14.5. The van der Waals surface area contributed by atoms with E-state index in [4.69, 9.17) is 9.47 Å². The highest BCUT2D eigenvalue weighted by atomic mass is 19.2. The summed E-state index contributed by atoms with van der Waals surface area (Å²) in [6, 6.07) is 4.59. The van der Waals surface area contributed by atoms with Crippen LogP contribution in [-0.2, 0) is 9.53 Å². The maximum atomic E-state index is 13.6. The number of esters is 1. The van der Waals surface area contributed by atoms with Gasteiger partial charge in [0.25, 0.3) is 11.6 Å². The standard InChI is InChI=1S/C17H13F3N2O6/c1-8(16(23)21-12-5-4-11(18)14(19)15(12)20)28-17(24)10-7-9(22(25)26)3-6-13(10)27-2/h3-8H,1-2H3,(H,21,23). The number of methoxy groups -OCH3 is 1. The van der Waals surface area contributed by atoms with Gasteiger partial charge in [0.05, 0.1) is 17.7 Å². The van der Waals surface area contributed by atoms with Crippen LogP contribution in [0, 0.1) is 27.6 Å². The Kier molecular flexibility index (Phi) is 6.18. The van der Waals surface area contributed by atoms with Crippen LogP contribution in [0.2, 0.25) is 0 Å². The zero-order chi connectivity index (χ0) is 21.0. The van der Waals surface area contributed by atoms with Gasteiger partial charge in [-0.1, -0.05) is 0 Å². The van der Waals surface area contributed by atoms with E-state index < -0.39 is 51.7 Å². The molecule has 1 atom stereocenters. The van der Waals surface area contributed by atoms with Crippen LogP contribution < -0.4 is 10.1 Å². The number of benzene rings is 2. The second-order valence-corrected chi connectivity index (χ2v) is 5.40. The van der Waals surface area contributed by atoms with Crippen molar-refractivity contribution in [1.29, 1.82) is 0 Å². The van der Waals surface area contributed by atoms with Gasteiger partial charge >= 0.3 is 5.97 Å². The number of nitro groups is 1. The Bertz CT molecular complexity index is 951. The van der Waals surface area contributed by atoms with Crippen LogP contribution in [0.25, 0.3) is 0 Å². The fraction of sp³-hybridized carbons (Fsp3) is 0.176. The molecule has 2 rings (SSSR count). The Morgan fingerprint density at radius 2 is 1.82 bits per heavy atom. The van der Waals surface area contributed by atoms with Crippen LogP contribution in [-0.4, -0.2) is 30.0 Å². The third-order valence-electron chi connectivity index (χ3n) is 3.56. The SMILES string of the molecule is COc1ccc([N+](=O)[O-])cc1C(=O)OC(C)C(=O)Nc1ccc(F)c(F)c1F. The average Bonchev–Trinajstić information content (AvgIpc) is 2.67. The Balaban J connectivity index is 2.16. The Labute approximate surface area is 156 Å². The highest BCUT2D eigenvalue weighted by Crippen LogP contribution is 2.25. The molecular formula is C17H13F3N2O6. The van der Waals surface area contributed by atoms with Gasteiger partial charge in [-0.3, -0.25) is 14.9 Å². The van der Waals surface area contributed by atoms with Crippen molar-refractivity contribution in [2.45, 2.75) is 13.0 Å². The van der Waals surface area contributed by atoms with Crippen molar-refractivity contribution in [3.63, 3.8) is 0 Å². The first kappa shape index (κ1) is 20.7. The molecule has 1 amide bonds. The monoisotopic (exact) mass is 398 g/mol. The number of halogens is 3. The fourth-order valence-corrected chi connectivity index (χ4v) is 2.10. The number of nitro benzene ring substituents is 1. The topological polar surface area (TPSA) is 108 Å². The molecule has 148 valence electrons. The molecule has 0 radical (unpaired) electrons. The number of carbonyl (C=O) groups excluding carboxylic acids is 2. The Morgan fingerprint density at radius 3 is 2.43 bits per heavy atom. The predicted molar refractivity (Wildman–Crippen MR) is 89.5 cm³/mol. The molecule has 1 unspecified atom stereocenters. The summed E-state index contributed by atoms with van der Waals surface area (Å²) in [4.78, 5) is 34.4. The average molecular weight is 398 g/mol. The predicted octanol–water partition coefficient (Wildman–Crippen LogP) is 3.20. The zero-order valence-corrected chi connectivity index (χ0v) is 14.5. The summed E-state index contributed by atoms with van der Waals surface area (Å²) < 4.78 is 49.6. The third kappa shape index (κ3) is 4.37. The van der Waals surface area contributed by atoms with E-state index in [1.54, 1.807) is 0 Å². The summed E-state index contributed by atoms with van der Waals surface area (Å²) in [6.07, 6.45) is -1.50. The summed E-state index contributed by atoms with van der Waals surface area (Å²) in [5.41, 5.74) is -1.37. The van der Waals surface area contributed by atoms with Gasteiger partial charge in [-0.25, -0.2) is 18.0 Å². The molecule has 0 spiro atoms. The molecule has 1 N–H and O–H groups in total. The van der Waals surface area contributed by atoms with Gasteiger partial charge in [0.1, 0.15) is 11.3 Å². The lowest BCUT2D eigenvalue weighted by molar-refractivity contribution is -0.384. The molecule has 0 aliphatic heterocycles. The third-order valence-corrected chi connectivity index (χ3v) is 3.56. The van der Waals surface area contributed by atoms with E-state index in [2.05, 4.69) is 0 Å². The summed E-state index contributed by atoms with van der Waals surface area (Å²) in [5.74, 6) is -7.02. The molecule has 2 aromatic carbocycles. The minimum atomic E-state index is -1.77. The lowest BCUT2D eigenvalue weighted by atomic mass is 10.1. The molecule has 0 fully saturated rings. The molecule has 8 nitrogen and oxygen atoms in total. The van der Waals surface area contributed by atoms with E-state index in [-0.39, 0.29) is 11.3 Å². The van der Waals surface area contributed by atoms with Crippen LogP contribution in [0.3, 0.4) is 0 Å². The van der Waals surface area contributed by atoms with Gasteiger partial charge in [-0.2, -0.15) is 0 Å². The number of ether oxygens (including phenoxy) is 2. The normalized spacial score (nSPS) is 11.5. The number of anilines is 1. The molecule has 0 saturated heterocycles. The van der Waals surface area contributed by atoms with E-state index in [1.165, 1.54) is 13.2 Å². The summed E-state index contributed by atoms with van der Waals surface area (Å²) in [5, 5.41) is 12.8. The molecule has 0 heterocycles. The molecule has 28 heavy (non-hydrogen) atoms. The van der Waals surface area contributed by atoms with Gasteiger partial charge in [-0.05, 0) is 25.1 Å². The van der Waals surface area contributed by atoms with Gasteiger partial charge in [0, 0.05) is 12.1 Å². The number of nitrogens with one attached hydrogen (secondary N) is 1. The van der Waals surface area contributed by atoms with Crippen molar-refractivity contribution in [2.24, 2.45) is 0 Å². The first-order valence-electron chi connectivity index (χ1n) is 7.63. The minimum absolute atomic E-state index is 0.0325. The minimum Gasteiger partial charge on any atom is -0.496 e. The molecule has 11 heteroatoms. The summed E-state index contributed by atoms with van der Waals surface area (Å²) in [6.45, 7) is 1.13. The van der Waals surface area contributed by atoms with E-state index in [1.807, 2.05) is 5.32 Å². The van der Waals surface area contributed by atoms with Gasteiger partial charge < -0.3 is 14.8 Å². The highest BCUT2D eigenvalue weighted by Gasteiger charge is 2.25. The molecule has 0 aliphatic carbocycles. The number of amides is 1. The quantitative estimate of drug-likeness (QED) is 0.347. The largest absolute Gasteiger partial charge is 0.496 e. The van der Waals surface area contributed by atoms with Crippen molar-refractivity contribution in [1.82, 2.24) is 0 Å². The second-order valence-electron chi connectivity index (χ2n) is 5.40. The first-order chi connectivity index (χ1) is 13.1. The van der Waals surface area contributed by atoms with Crippen molar-refractivity contribution >= 4 is 23.3 Å². The van der Waals surface area contributed by atoms with Crippen molar-refractivity contribution in [3.05, 3.63) is 63.5 Å². The molecule has 2 aromatic rings. The van der Waals surface area contributed by atoms with Crippen molar-refractivity contribution in [2.75, 3.05) is 12.4 Å². The van der Waals surface area contributed by atoms with E-state index in [9.17, 15) is 32.9 Å². The summed E-state index contributed by atoms with van der Waals surface area (Å²) in [7, 11) is 1.22. The first-order valence-corrected chi connectivity index (χ1v) is 7.63. The number of hydrogen-bond donors (Lipinski definition) is 1. The van der Waals surface area contributed by atoms with Gasteiger partial charge in [-0.15, -0.1) is 0 Å². The lowest BCUT2D eigenvalue weighted by Gasteiger charge is -2.15. The lowest BCUT2D eigenvalue weighted by Crippen LogP contribution is -2.30. The number of hydrogen-bond acceptors (Lipinski definition) is 6. The Morgan fingerprint density at radius 1 is 1.14 bits per heavy atom. The Hall–Kier alpha value is -3.63. The van der Waals surface area contributed by atoms with Crippen LogP contribution in [0.1, 0.15) is 17.3 Å². The van der Waals surface area contributed by atoms with Crippen LogP contribution in [0.4, 0.5) is 24.5 Å². The number of nitrogens with zero attached hydrogens (tertiary/aromatic N) is 1. The van der Waals surface area contributed by atoms with Gasteiger partial charge in [0.2, 0.25) is 0 Å². The van der Waals surface area contributed by atoms with Crippen LogP contribution >= 0.6 is 0 Å². The van der Waals surface area contributed by atoms with Crippen LogP contribution in [0.15, 0.2) is 30.3 Å².